The normalized spacial score (nSPS) is 15.8. The fraction of sp³-hybridized carbons (Fsp3) is 0.533. The van der Waals surface area contributed by atoms with Gasteiger partial charge in [0.15, 0.2) is 0 Å². The van der Waals surface area contributed by atoms with E-state index in [-0.39, 0.29) is 0 Å². The Morgan fingerprint density at radius 1 is 1.40 bits per heavy atom. The van der Waals surface area contributed by atoms with E-state index in [9.17, 15) is 0 Å². The highest BCUT2D eigenvalue weighted by atomic mass is 35.5. The maximum Gasteiger partial charge on any atom is 0.0992 e. The molecule has 1 fully saturated rings. The second-order valence-corrected chi connectivity index (χ2v) is 5.31. The first kappa shape index (κ1) is 15.1. The van der Waals surface area contributed by atoms with E-state index in [4.69, 9.17) is 21.6 Å². The number of piperidine rings is 1. The molecule has 0 aliphatic carbocycles. The van der Waals surface area contributed by atoms with Crippen LogP contribution in [0.3, 0.4) is 0 Å². The maximum absolute atomic E-state index is 8.77. The molecule has 1 aromatic carbocycles. The zero-order valence-corrected chi connectivity index (χ0v) is 12.2. The first-order valence-corrected chi connectivity index (χ1v) is 7.43. The summed E-state index contributed by atoms with van der Waals surface area (Å²) in [6, 6.07) is 7.35. The number of hydrogen-bond acceptors (Lipinski definition) is 4. The summed E-state index contributed by atoms with van der Waals surface area (Å²) in [6.45, 7) is 3.70. The number of ether oxygens (including phenoxy) is 1. The van der Waals surface area contributed by atoms with Crippen LogP contribution in [0, 0.1) is 11.3 Å². The maximum atomic E-state index is 8.77. The lowest BCUT2D eigenvalue weighted by atomic mass is 10.1. The number of nitrogens with one attached hydrogen (secondary N) is 2. The molecule has 0 radical (unpaired) electrons. The monoisotopic (exact) mass is 293 g/mol. The smallest absolute Gasteiger partial charge is 0.0992 e. The van der Waals surface area contributed by atoms with Crippen LogP contribution >= 0.6 is 11.6 Å². The van der Waals surface area contributed by atoms with Crippen molar-refractivity contribution in [3.8, 4) is 6.07 Å². The van der Waals surface area contributed by atoms with Crippen molar-refractivity contribution in [3.63, 3.8) is 0 Å². The molecule has 1 heterocycles. The molecule has 0 amide bonds. The molecule has 4 nitrogen and oxygen atoms in total. The van der Waals surface area contributed by atoms with Gasteiger partial charge in [-0.1, -0.05) is 11.6 Å². The first-order chi connectivity index (χ1) is 9.79. The molecule has 0 atom stereocenters. The fourth-order valence-corrected chi connectivity index (χ4v) is 2.48. The number of nitrogens with zero attached hydrogens (tertiary/aromatic N) is 1. The summed E-state index contributed by atoms with van der Waals surface area (Å²) < 4.78 is 5.83. The molecule has 1 saturated heterocycles. The lowest BCUT2D eigenvalue weighted by Crippen LogP contribution is -2.32. The minimum atomic E-state index is 0.412. The third-order valence-corrected chi connectivity index (χ3v) is 3.69. The highest BCUT2D eigenvalue weighted by Crippen LogP contribution is 2.22. The molecule has 2 rings (SSSR count). The molecule has 0 bridgehead atoms. The molecule has 0 aromatic heterocycles. The highest BCUT2D eigenvalue weighted by Gasteiger charge is 2.12. The van der Waals surface area contributed by atoms with E-state index in [1.165, 1.54) is 0 Å². The Morgan fingerprint density at radius 2 is 2.20 bits per heavy atom. The topological polar surface area (TPSA) is 57.1 Å². The molecule has 1 aliphatic rings. The van der Waals surface area contributed by atoms with Gasteiger partial charge in [0.25, 0.3) is 0 Å². The third kappa shape index (κ3) is 4.68. The van der Waals surface area contributed by atoms with E-state index in [0.29, 0.717) is 16.7 Å². The van der Waals surface area contributed by atoms with Crippen LogP contribution in [0.5, 0.6) is 0 Å². The minimum absolute atomic E-state index is 0.412. The van der Waals surface area contributed by atoms with E-state index < -0.39 is 0 Å². The summed E-state index contributed by atoms with van der Waals surface area (Å²) in [6.07, 6.45) is 3.57. The van der Waals surface area contributed by atoms with Gasteiger partial charge in [-0.25, -0.2) is 0 Å². The van der Waals surface area contributed by atoms with E-state index >= 15 is 0 Å². The van der Waals surface area contributed by atoms with E-state index in [1.807, 2.05) is 6.07 Å². The number of halogens is 1. The van der Waals surface area contributed by atoms with Crippen molar-refractivity contribution < 1.29 is 4.74 Å². The predicted octanol–water partition coefficient (Wildman–Crippen LogP) is 2.78. The summed E-state index contributed by atoms with van der Waals surface area (Å²) in [4.78, 5) is 0. The largest absolute Gasteiger partial charge is 0.384 e. The number of rotatable bonds is 6. The van der Waals surface area contributed by atoms with Crippen LogP contribution in [0.25, 0.3) is 0 Å². The molecule has 0 spiro atoms. The number of nitriles is 1. The van der Waals surface area contributed by atoms with Gasteiger partial charge in [-0.15, -0.1) is 0 Å². The Kier molecular flexibility index (Phi) is 6.13. The Balaban J connectivity index is 1.64. The van der Waals surface area contributed by atoms with Crippen molar-refractivity contribution in [1.29, 1.82) is 5.26 Å². The Morgan fingerprint density at radius 3 is 2.90 bits per heavy atom. The molecule has 20 heavy (non-hydrogen) atoms. The van der Waals surface area contributed by atoms with Crippen LogP contribution in [-0.2, 0) is 4.74 Å². The molecule has 1 aromatic rings. The summed E-state index contributed by atoms with van der Waals surface area (Å²) in [5.74, 6) is 0. The lowest BCUT2D eigenvalue weighted by molar-refractivity contribution is 0.0329. The van der Waals surface area contributed by atoms with Crippen molar-refractivity contribution in [3.05, 3.63) is 28.8 Å². The molecule has 5 heteroatoms. The summed E-state index contributed by atoms with van der Waals surface area (Å²) in [5, 5.41) is 16.0. The molecule has 2 N–H and O–H groups in total. The van der Waals surface area contributed by atoms with Crippen LogP contribution in [0.4, 0.5) is 5.69 Å². The standard InChI is InChI=1S/C15H20ClN3O/c16-14-10-12(11-17)2-3-15(14)19-6-1-9-20-13-4-7-18-8-5-13/h2-3,10,13,18-19H,1,4-9H2. The highest BCUT2D eigenvalue weighted by molar-refractivity contribution is 6.33. The van der Waals surface area contributed by atoms with Gasteiger partial charge < -0.3 is 15.4 Å². The van der Waals surface area contributed by atoms with Gasteiger partial charge in [0.2, 0.25) is 0 Å². The van der Waals surface area contributed by atoms with Crippen LogP contribution in [0.2, 0.25) is 5.02 Å². The summed E-state index contributed by atoms with van der Waals surface area (Å²) >= 11 is 6.09. The van der Waals surface area contributed by atoms with Gasteiger partial charge in [-0.2, -0.15) is 5.26 Å². The first-order valence-electron chi connectivity index (χ1n) is 7.05. The van der Waals surface area contributed by atoms with Crippen LogP contribution in [0.15, 0.2) is 18.2 Å². The lowest BCUT2D eigenvalue weighted by Gasteiger charge is -2.23. The third-order valence-electron chi connectivity index (χ3n) is 3.37. The minimum Gasteiger partial charge on any atom is -0.384 e. The summed E-state index contributed by atoms with van der Waals surface area (Å²) in [5.41, 5.74) is 1.45. The molecule has 0 unspecified atom stereocenters. The van der Waals surface area contributed by atoms with E-state index in [1.54, 1.807) is 12.1 Å². The summed E-state index contributed by atoms with van der Waals surface area (Å²) in [7, 11) is 0. The SMILES string of the molecule is N#Cc1ccc(NCCCOC2CCNCC2)c(Cl)c1. The zero-order valence-electron chi connectivity index (χ0n) is 11.5. The zero-order chi connectivity index (χ0) is 14.2. The molecular weight excluding hydrogens is 274 g/mol. The van der Waals surface area contributed by atoms with Crippen molar-refractivity contribution in [2.45, 2.75) is 25.4 Å². The van der Waals surface area contributed by atoms with Gasteiger partial charge in [0.1, 0.15) is 0 Å². The quantitative estimate of drug-likeness (QED) is 0.792. The predicted molar refractivity (Wildman–Crippen MR) is 81.1 cm³/mol. The van der Waals surface area contributed by atoms with Crippen molar-refractivity contribution in [1.82, 2.24) is 5.32 Å². The second-order valence-electron chi connectivity index (χ2n) is 4.91. The van der Waals surface area contributed by atoms with Crippen molar-refractivity contribution >= 4 is 17.3 Å². The van der Waals surface area contributed by atoms with Crippen LogP contribution in [-0.4, -0.2) is 32.3 Å². The number of benzene rings is 1. The molecule has 0 saturated carbocycles. The average Bonchev–Trinajstić information content (AvgIpc) is 2.49. The van der Waals surface area contributed by atoms with Crippen LogP contribution in [0.1, 0.15) is 24.8 Å². The van der Waals surface area contributed by atoms with Gasteiger partial charge in [0, 0.05) is 13.2 Å². The van der Waals surface area contributed by atoms with Crippen molar-refractivity contribution in [2.75, 3.05) is 31.6 Å². The molecular formula is C15H20ClN3O. The van der Waals surface area contributed by atoms with E-state index in [0.717, 1.165) is 51.2 Å². The van der Waals surface area contributed by atoms with Gasteiger partial charge in [-0.3, -0.25) is 0 Å². The molecule has 1 aliphatic heterocycles. The van der Waals surface area contributed by atoms with Gasteiger partial charge in [0.05, 0.1) is 28.4 Å². The van der Waals surface area contributed by atoms with Gasteiger partial charge >= 0.3 is 0 Å². The Bertz CT molecular complexity index is 467. The average molecular weight is 294 g/mol. The van der Waals surface area contributed by atoms with Gasteiger partial charge in [-0.05, 0) is 50.6 Å². The van der Waals surface area contributed by atoms with E-state index in [2.05, 4.69) is 16.7 Å². The fourth-order valence-electron chi connectivity index (χ4n) is 2.24. The van der Waals surface area contributed by atoms with Crippen molar-refractivity contribution in [2.24, 2.45) is 0 Å². The number of hydrogen-bond donors (Lipinski definition) is 2. The second kappa shape index (κ2) is 8.11. The molecule has 108 valence electrons. The van der Waals surface area contributed by atoms with Crippen LogP contribution < -0.4 is 10.6 Å². The Hall–Kier alpha value is -1.28. The Labute approximate surface area is 125 Å². The number of anilines is 1.